The molecule has 2 saturated heterocycles. The number of thiophene rings is 1. The molecule has 0 radical (unpaired) electrons. The highest BCUT2D eigenvalue weighted by atomic mass is 35.5. The Bertz CT molecular complexity index is 1030. The standard InChI is InChI=1S/C22H28ClN3O4S2/c1-30-19-4-2-18(3-5-19)24-12-14-25(15-13-24)21(27)16-17-8-10-26(11-9-17)32(28,29)22-7-6-20(23)31-22/h2-7,17H,8-16H2,1H3. The van der Waals surface area contributed by atoms with Crippen LogP contribution in [0.25, 0.3) is 0 Å². The predicted octanol–water partition coefficient (Wildman–Crippen LogP) is 3.55. The van der Waals surface area contributed by atoms with Crippen LogP contribution in [0, 0.1) is 5.92 Å². The van der Waals surface area contributed by atoms with Crippen LogP contribution in [0.1, 0.15) is 19.3 Å². The molecule has 0 unspecified atom stereocenters. The minimum Gasteiger partial charge on any atom is -0.497 e. The first-order valence-electron chi connectivity index (χ1n) is 10.8. The zero-order chi connectivity index (χ0) is 22.7. The molecule has 0 N–H and O–H groups in total. The molecule has 1 amide bonds. The van der Waals surface area contributed by atoms with Gasteiger partial charge in [-0.25, -0.2) is 8.42 Å². The van der Waals surface area contributed by atoms with Crippen molar-refractivity contribution in [2.75, 3.05) is 51.3 Å². The number of amides is 1. The quantitative estimate of drug-likeness (QED) is 0.610. The molecule has 2 fully saturated rings. The van der Waals surface area contributed by atoms with Crippen molar-refractivity contribution in [1.29, 1.82) is 0 Å². The number of hydrogen-bond acceptors (Lipinski definition) is 6. The van der Waals surface area contributed by atoms with Gasteiger partial charge < -0.3 is 14.5 Å². The first kappa shape index (κ1) is 23.4. The first-order valence-corrected chi connectivity index (χ1v) is 13.4. The second kappa shape index (κ2) is 9.99. The number of ether oxygens (including phenoxy) is 1. The smallest absolute Gasteiger partial charge is 0.252 e. The van der Waals surface area contributed by atoms with Gasteiger partial charge in [0.05, 0.1) is 11.4 Å². The highest BCUT2D eigenvalue weighted by Gasteiger charge is 2.32. The maximum atomic E-state index is 12.8. The summed E-state index contributed by atoms with van der Waals surface area (Å²) in [7, 11) is -1.84. The van der Waals surface area contributed by atoms with Gasteiger partial charge in [0.1, 0.15) is 9.96 Å². The maximum absolute atomic E-state index is 12.8. The number of sulfonamides is 1. The van der Waals surface area contributed by atoms with Gasteiger partial charge in [-0.05, 0) is 55.2 Å². The third-order valence-corrected chi connectivity index (χ3v) is 9.85. The SMILES string of the molecule is COc1ccc(N2CCN(C(=O)CC3CCN(S(=O)(=O)c4ccc(Cl)s4)CC3)CC2)cc1. The van der Waals surface area contributed by atoms with Crippen LogP contribution in [0.5, 0.6) is 5.75 Å². The molecule has 0 spiro atoms. The van der Waals surface area contributed by atoms with Crippen molar-refractivity contribution in [3.05, 3.63) is 40.7 Å². The van der Waals surface area contributed by atoms with Crippen molar-refractivity contribution in [1.82, 2.24) is 9.21 Å². The van der Waals surface area contributed by atoms with Crippen molar-refractivity contribution in [2.24, 2.45) is 5.92 Å². The molecular weight excluding hydrogens is 470 g/mol. The summed E-state index contributed by atoms with van der Waals surface area (Å²) < 4.78 is 33.0. The summed E-state index contributed by atoms with van der Waals surface area (Å²) >= 11 is 6.98. The number of carbonyl (C=O) groups is 1. The Morgan fingerprint density at radius 3 is 2.25 bits per heavy atom. The van der Waals surface area contributed by atoms with E-state index in [1.165, 1.54) is 4.31 Å². The molecule has 0 aliphatic carbocycles. The summed E-state index contributed by atoms with van der Waals surface area (Å²) in [6.07, 6.45) is 1.90. The van der Waals surface area contributed by atoms with E-state index in [0.717, 1.165) is 35.9 Å². The maximum Gasteiger partial charge on any atom is 0.252 e. The Morgan fingerprint density at radius 2 is 1.69 bits per heavy atom. The number of hydrogen-bond donors (Lipinski definition) is 0. The molecule has 174 valence electrons. The molecule has 0 atom stereocenters. The van der Waals surface area contributed by atoms with Gasteiger partial charge in [-0.1, -0.05) is 11.6 Å². The van der Waals surface area contributed by atoms with Gasteiger partial charge in [-0.15, -0.1) is 11.3 Å². The molecule has 2 aliphatic rings. The van der Waals surface area contributed by atoms with Crippen LogP contribution in [0.2, 0.25) is 4.34 Å². The Labute approximate surface area is 198 Å². The van der Waals surface area contributed by atoms with E-state index < -0.39 is 10.0 Å². The molecule has 0 saturated carbocycles. The molecule has 3 heterocycles. The molecular formula is C22H28ClN3O4S2. The average molecular weight is 498 g/mol. The molecule has 1 aromatic carbocycles. The minimum absolute atomic E-state index is 0.172. The zero-order valence-corrected chi connectivity index (χ0v) is 20.5. The van der Waals surface area contributed by atoms with E-state index in [2.05, 4.69) is 4.90 Å². The molecule has 1 aromatic heterocycles. The molecule has 2 aromatic rings. The van der Waals surface area contributed by atoms with E-state index >= 15 is 0 Å². The van der Waals surface area contributed by atoms with Crippen LogP contribution in [-0.4, -0.2) is 69.9 Å². The molecule has 4 rings (SSSR count). The monoisotopic (exact) mass is 497 g/mol. The van der Waals surface area contributed by atoms with E-state index in [4.69, 9.17) is 16.3 Å². The highest BCUT2D eigenvalue weighted by Crippen LogP contribution is 2.31. The number of piperazine rings is 1. The summed E-state index contributed by atoms with van der Waals surface area (Å²) in [5, 5.41) is 0. The van der Waals surface area contributed by atoms with Gasteiger partial charge in [-0.2, -0.15) is 4.31 Å². The van der Waals surface area contributed by atoms with Gasteiger partial charge in [-0.3, -0.25) is 4.79 Å². The minimum atomic E-state index is -3.49. The Kier molecular flexibility index (Phi) is 7.29. The fraction of sp³-hybridized carbons (Fsp3) is 0.500. The van der Waals surface area contributed by atoms with E-state index in [-0.39, 0.29) is 16.0 Å². The number of nitrogens with zero attached hydrogens (tertiary/aromatic N) is 3. The third-order valence-electron chi connectivity index (χ3n) is 6.25. The van der Waals surface area contributed by atoms with Crippen LogP contribution in [0.4, 0.5) is 5.69 Å². The number of methoxy groups -OCH3 is 1. The predicted molar refractivity (Wildman–Crippen MR) is 127 cm³/mol. The number of anilines is 1. The topological polar surface area (TPSA) is 70.2 Å². The number of halogens is 1. The van der Waals surface area contributed by atoms with E-state index in [1.807, 2.05) is 29.2 Å². The molecule has 32 heavy (non-hydrogen) atoms. The summed E-state index contributed by atoms with van der Waals surface area (Å²) in [6.45, 7) is 3.91. The number of benzene rings is 1. The van der Waals surface area contributed by atoms with E-state index in [0.29, 0.717) is 49.8 Å². The lowest BCUT2D eigenvalue weighted by Crippen LogP contribution is -2.49. The van der Waals surface area contributed by atoms with Gasteiger partial charge >= 0.3 is 0 Å². The lowest BCUT2D eigenvalue weighted by Gasteiger charge is -2.37. The summed E-state index contributed by atoms with van der Waals surface area (Å²) in [5.41, 5.74) is 1.14. The number of piperidine rings is 1. The van der Waals surface area contributed by atoms with E-state index in [9.17, 15) is 13.2 Å². The van der Waals surface area contributed by atoms with E-state index in [1.54, 1.807) is 19.2 Å². The summed E-state index contributed by atoms with van der Waals surface area (Å²) in [4.78, 5) is 17.1. The Hall–Kier alpha value is -1.81. The van der Waals surface area contributed by atoms with Crippen LogP contribution < -0.4 is 9.64 Å². The van der Waals surface area contributed by atoms with Gasteiger partial charge in [0.2, 0.25) is 5.91 Å². The molecule has 2 aliphatic heterocycles. The second-order valence-electron chi connectivity index (χ2n) is 8.18. The van der Waals surface area contributed by atoms with Crippen molar-refractivity contribution in [3.63, 3.8) is 0 Å². The lowest BCUT2D eigenvalue weighted by atomic mass is 9.94. The molecule has 10 heteroatoms. The van der Waals surface area contributed by atoms with Crippen molar-refractivity contribution >= 4 is 44.6 Å². The van der Waals surface area contributed by atoms with Crippen LogP contribution in [0.3, 0.4) is 0 Å². The largest absolute Gasteiger partial charge is 0.497 e. The lowest BCUT2D eigenvalue weighted by molar-refractivity contribution is -0.132. The summed E-state index contributed by atoms with van der Waals surface area (Å²) in [5.74, 6) is 1.23. The van der Waals surface area contributed by atoms with Gasteiger partial charge in [0.25, 0.3) is 10.0 Å². The fourth-order valence-electron chi connectivity index (χ4n) is 4.30. The zero-order valence-electron chi connectivity index (χ0n) is 18.1. The van der Waals surface area contributed by atoms with Gasteiger partial charge in [0.15, 0.2) is 0 Å². The van der Waals surface area contributed by atoms with Crippen LogP contribution >= 0.6 is 22.9 Å². The third kappa shape index (κ3) is 5.22. The highest BCUT2D eigenvalue weighted by molar-refractivity contribution is 7.91. The second-order valence-corrected chi connectivity index (χ2v) is 12.1. The average Bonchev–Trinajstić information content (AvgIpc) is 3.27. The van der Waals surface area contributed by atoms with Crippen molar-refractivity contribution in [3.8, 4) is 5.75 Å². The van der Waals surface area contributed by atoms with Crippen molar-refractivity contribution < 1.29 is 17.9 Å². The van der Waals surface area contributed by atoms with Crippen LogP contribution in [-0.2, 0) is 14.8 Å². The summed E-state index contributed by atoms with van der Waals surface area (Å²) in [6, 6.07) is 11.2. The number of rotatable bonds is 6. The number of carbonyl (C=O) groups excluding carboxylic acids is 1. The van der Waals surface area contributed by atoms with Gasteiger partial charge in [0, 0.05) is 51.4 Å². The van der Waals surface area contributed by atoms with Crippen LogP contribution in [0.15, 0.2) is 40.6 Å². The molecule has 0 bridgehead atoms. The van der Waals surface area contributed by atoms with Crippen molar-refractivity contribution in [2.45, 2.75) is 23.5 Å². The molecule has 7 nitrogen and oxygen atoms in total. The fourth-order valence-corrected chi connectivity index (χ4v) is 7.41. The Morgan fingerprint density at radius 1 is 1.03 bits per heavy atom. The first-order chi connectivity index (χ1) is 15.4. The Balaban J connectivity index is 1.24. The normalized spacial score (nSPS) is 18.7.